The highest BCUT2D eigenvalue weighted by Crippen LogP contribution is 2.30. The maximum atomic E-state index is 11.5. The maximum Gasteiger partial charge on any atom is 0.318 e. The highest BCUT2D eigenvalue weighted by Gasteiger charge is 2.35. The highest BCUT2D eigenvalue weighted by molar-refractivity contribution is 5.96. The van der Waals surface area contributed by atoms with Crippen molar-refractivity contribution in [2.75, 3.05) is 0 Å². The number of primary amides is 1. The largest absolute Gasteiger partial charge is 0.351 e. The van der Waals surface area contributed by atoms with Crippen molar-refractivity contribution in [1.82, 2.24) is 5.32 Å². The summed E-state index contributed by atoms with van der Waals surface area (Å²) in [6, 6.07) is -0.787. The SMILES string of the molecule is CCC(C)(C(=O)NC(N)=O)C(C)C. The number of hydrogen-bond donors (Lipinski definition) is 2. The lowest BCUT2D eigenvalue weighted by atomic mass is 9.76. The molecule has 0 bridgehead atoms. The van der Waals surface area contributed by atoms with Crippen LogP contribution in [-0.2, 0) is 4.79 Å². The van der Waals surface area contributed by atoms with E-state index in [2.05, 4.69) is 5.32 Å². The van der Waals surface area contributed by atoms with E-state index >= 15 is 0 Å². The number of nitrogens with one attached hydrogen (secondary N) is 1. The Balaban J connectivity index is 4.57. The number of carbonyl (C=O) groups is 2. The van der Waals surface area contributed by atoms with Gasteiger partial charge in [0.05, 0.1) is 0 Å². The third-order valence-corrected chi connectivity index (χ3v) is 2.76. The third kappa shape index (κ3) is 2.72. The second kappa shape index (κ2) is 4.25. The summed E-state index contributed by atoms with van der Waals surface area (Å²) in [6.07, 6.45) is 0.684. The normalized spacial score (nSPS) is 15.2. The summed E-state index contributed by atoms with van der Waals surface area (Å²) >= 11 is 0. The number of urea groups is 1. The van der Waals surface area contributed by atoms with Crippen LogP contribution in [0.2, 0.25) is 0 Å². The van der Waals surface area contributed by atoms with Crippen molar-refractivity contribution in [2.45, 2.75) is 34.1 Å². The van der Waals surface area contributed by atoms with Gasteiger partial charge in [-0.15, -0.1) is 0 Å². The van der Waals surface area contributed by atoms with Crippen molar-refractivity contribution in [1.29, 1.82) is 0 Å². The molecule has 0 aromatic heterocycles. The highest BCUT2D eigenvalue weighted by atomic mass is 16.2. The summed E-state index contributed by atoms with van der Waals surface area (Å²) < 4.78 is 0. The molecule has 0 aliphatic rings. The first-order valence-electron chi connectivity index (χ1n) is 4.45. The van der Waals surface area contributed by atoms with Gasteiger partial charge >= 0.3 is 6.03 Å². The van der Waals surface area contributed by atoms with Gasteiger partial charge in [0.15, 0.2) is 0 Å². The van der Waals surface area contributed by atoms with Crippen LogP contribution in [0.3, 0.4) is 0 Å². The molecule has 0 aliphatic heterocycles. The van der Waals surface area contributed by atoms with Crippen molar-refractivity contribution in [3.05, 3.63) is 0 Å². The van der Waals surface area contributed by atoms with Crippen LogP contribution in [0.4, 0.5) is 4.79 Å². The van der Waals surface area contributed by atoms with Crippen molar-refractivity contribution in [3.8, 4) is 0 Å². The predicted molar refractivity (Wildman–Crippen MR) is 51.0 cm³/mol. The van der Waals surface area contributed by atoms with E-state index in [9.17, 15) is 9.59 Å². The van der Waals surface area contributed by atoms with Crippen molar-refractivity contribution in [2.24, 2.45) is 17.1 Å². The maximum absolute atomic E-state index is 11.5. The molecule has 13 heavy (non-hydrogen) atoms. The minimum atomic E-state index is -0.787. The van der Waals surface area contributed by atoms with Gasteiger partial charge in [-0.3, -0.25) is 10.1 Å². The summed E-state index contributed by atoms with van der Waals surface area (Å²) in [5.74, 6) is -0.116. The molecule has 0 heterocycles. The van der Waals surface area contributed by atoms with E-state index in [4.69, 9.17) is 5.73 Å². The molecule has 1 unspecified atom stereocenters. The van der Waals surface area contributed by atoms with Crippen LogP contribution in [-0.4, -0.2) is 11.9 Å². The van der Waals surface area contributed by atoms with Crippen LogP contribution in [0.5, 0.6) is 0 Å². The molecule has 0 aromatic rings. The van der Waals surface area contributed by atoms with E-state index in [-0.39, 0.29) is 11.8 Å². The standard InChI is InChI=1S/C9H18N2O2/c1-5-9(4,6(2)3)7(12)11-8(10)13/h6H,5H2,1-4H3,(H3,10,11,12,13). The summed E-state index contributed by atoms with van der Waals surface area (Å²) in [5, 5.41) is 2.12. The van der Waals surface area contributed by atoms with Gasteiger partial charge < -0.3 is 5.73 Å². The molecule has 1 atom stereocenters. The fourth-order valence-electron chi connectivity index (χ4n) is 1.09. The zero-order valence-electron chi connectivity index (χ0n) is 8.68. The van der Waals surface area contributed by atoms with Crippen LogP contribution in [0, 0.1) is 11.3 Å². The molecule has 3 N–H and O–H groups in total. The van der Waals surface area contributed by atoms with Gasteiger partial charge in [0.2, 0.25) is 5.91 Å². The molecule has 0 saturated heterocycles. The van der Waals surface area contributed by atoms with E-state index in [1.165, 1.54) is 0 Å². The van der Waals surface area contributed by atoms with Gasteiger partial charge in [-0.25, -0.2) is 4.79 Å². The quantitative estimate of drug-likeness (QED) is 0.696. The van der Waals surface area contributed by atoms with Gasteiger partial charge in [-0.2, -0.15) is 0 Å². The second-order valence-corrected chi connectivity index (χ2v) is 3.74. The Bertz CT molecular complexity index is 214. The number of nitrogens with two attached hydrogens (primary N) is 1. The fourth-order valence-corrected chi connectivity index (χ4v) is 1.09. The van der Waals surface area contributed by atoms with E-state index < -0.39 is 11.4 Å². The predicted octanol–water partition coefficient (Wildman–Crippen LogP) is 1.25. The molecule has 4 heteroatoms. The van der Waals surface area contributed by atoms with Gasteiger partial charge in [0.25, 0.3) is 0 Å². The summed E-state index contributed by atoms with van der Waals surface area (Å²) in [5.41, 5.74) is 4.36. The van der Waals surface area contributed by atoms with Crippen LogP contribution in [0.1, 0.15) is 34.1 Å². The van der Waals surface area contributed by atoms with E-state index in [1.807, 2.05) is 27.7 Å². The Kier molecular flexibility index (Phi) is 3.91. The molecular formula is C9H18N2O2. The van der Waals surface area contributed by atoms with Crippen LogP contribution in [0.25, 0.3) is 0 Å². The lowest BCUT2D eigenvalue weighted by Gasteiger charge is -2.30. The van der Waals surface area contributed by atoms with E-state index in [0.717, 1.165) is 0 Å². The first kappa shape index (κ1) is 11.9. The monoisotopic (exact) mass is 186 g/mol. The molecule has 0 fully saturated rings. The Hall–Kier alpha value is -1.06. The summed E-state index contributed by atoms with van der Waals surface area (Å²) in [4.78, 5) is 22.0. The third-order valence-electron chi connectivity index (χ3n) is 2.76. The van der Waals surface area contributed by atoms with Crippen LogP contribution >= 0.6 is 0 Å². The van der Waals surface area contributed by atoms with Gasteiger partial charge in [-0.05, 0) is 12.3 Å². The Morgan fingerprint density at radius 2 is 1.92 bits per heavy atom. The number of imide groups is 1. The second-order valence-electron chi connectivity index (χ2n) is 3.74. The van der Waals surface area contributed by atoms with Crippen LogP contribution in [0.15, 0.2) is 0 Å². The molecule has 0 saturated carbocycles. The van der Waals surface area contributed by atoms with Crippen molar-refractivity contribution >= 4 is 11.9 Å². The molecule has 0 aromatic carbocycles. The Morgan fingerprint density at radius 3 is 2.15 bits per heavy atom. The van der Waals surface area contributed by atoms with E-state index in [0.29, 0.717) is 6.42 Å². The zero-order chi connectivity index (χ0) is 10.6. The molecule has 76 valence electrons. The fraction of sp³-hybridized carbons (Fsp3) is 0.778. The van der Waals surface area contributed by atoms with Crippen LogP contribution < -0.4 is 11.1 Å². The molecule has 3 amide bonds. The number of carbonyl (C=O) groups excluding carboxylic acids is 2. The average molecular weight is 186 g/mol. The smallest absolute Gasteiger partial charge is 0.318 e. The van der Waals surface area contributed by atoms with Gasteiger partial charge in [0, 0.05) is 5.41 Å². The topological polar surface area (TPSA) is 72.2 Å². The molecule has 0 spiro atoms. The minimum absolute atomic E-state index is 0.178. The average Bonchev–Trinajstić information content (AvgIpc) is 2.01. The van der Waals surface area contributed by atoms with Gasteiger partial charge in [0.1, 0.15) is 0 Å². The summed E-state index contributed by atoms with van der Waals surface area (Å²) in [6.45, 7) is 7.64. The van der Waals surface area contributed by atoms with Crippen molar-refractivity contribution in [3.63, 3.8) is 0 Å². The molecular weight excluding hydrogens is 168 g/mol. The number of amides is 3. The molecule has 0 aliphatic carbocycles. The number of hydrogen-bond acceptors (Lipinski definition) is 2. The zero-order valence-corrected chi connectivity index (χ0v) is 8.68. The van der Waals surface area contributed by atoms with E-state index in [1.54, 1.807) is 0 Å². The Morgan fingerprint density at radius 1 is 1.46 bits per heavy atom. The lowest BCUT2D eigenvalue weighted by Crippen LogP contribution is -2.46. The molecule has 0 rings (SSSR count). The Labute approximate surface area is 78.9 Å². The summed E-state index contributed by atoms with van der Waals surface area (Å²) in [7, 11) is 0. The first-order valence-corrected chi connectivity index (χ1v) is 4.45. The lowest BCUT2D eigenvalue weighted by molar-refractivity contribution is -0.131. The number of rotatable bonds is 3. The van der Waals surface area contributed by atoms with Gasteiger partial charge in [-0.1, -0.05) is 27.7 Å². The molecule has 4 nitrogen and oxygen atoms in total. The molecule has 0 radical (unpaired) electrons. The first-order chi connectivity index (χ1) is 5.84. The minimum Gasteiger partial charge on any atom is -0.351 e. The van der Waals surface area contributed by atoms with Crippen molar-refractivity contribution < 1.29 is 9.59 Å².